The van der Waals surface area contributed by atoms with Crippen molar-refractivity contribution in [2.24, 2.45) is 0 Å². The lowest BCUT2D eigenvalue weighted by atomic mass is 10.2. The fourth-order valence-corrected chi connectivity index (χ4v) is 2.02. The second kappa shape index (κ2) is 9.73. The molecule has 25 heavy (non-hydrogen) atoms. The maximum absolute atomic E-state index is 12.1. The van der Waals surface area contributed by atoms with Gasteiger partial charge in [0.2, 0.25) is 0 Å². The number of carbonyl (C=O) groups is 2. The summed E-state index contributed by atoms with van der Waals surface area (Å²) in [7, 11) is 0. The summed E-state index contributed by atoms with van der Waals surface area (Å²) >= 11 is 0. The lowest BCUT2D eigenvalue weighted by molar-refractivity contribution is -0.147. The number of nitrogens with zero attached hydrogens (tertiary/aromatic N) is 1. The number of carbonyl (C=O) groups excluding carboxylic acids is 2. The highest BCUT2D eigenvalue weighted by Crippen LogP contribution is 2.05. The van der Waals surface area contributed by atoms with Gasteiger partial charge < -0.3 is 14.8 Å². The smallest absolute Gasteiger partial charge is 0.408 e. The summed E-state index contributed by atoms with van der Waals surface area (Å²) < 4.78 is 10.2. The first-order valence-electron chi connectivity index (χ1n) is 7.74. The molecule has 0 spiro atoms. The van der Waals surface area contributed by atoms with Crippen LogP contribution in [0.3, 0.4) is 0 Å². The van der Waals surface area contributed by atoms with Crippen molar-refractivity contribution in [1.29, 1.82) is 5.26 Å². The van der Waals surface area contributed by atoms with Gasteiger partial charge in [0.15, 0.2) is 0 Å². The van der Waals surface area contributed by atoms with Crippen molar-refractivity contribution >= 4 is 12.1 Å². The van der Waals surface area contributed by atoms with Crippen molar-refractivity contribution in [3.63, 3.8) is 0 Å². The topological polar surface area (TPSA) is 88.4 Å². The summed E-state index contributed by atoms with van der Waals surface area (Å²) in [5, 5.41) is 11.2. The first kappa shape index (κ1) is 18.0. The Morgan fingerprint density at radius 3 is 1.96 bits per heavy atom. The SMILES string of the molecule is N#CCC(NC(=O)OCc1ccccc1)C(=O)OCc1ccccc1. The van der Waals surface area contributed by atoms with Gasteiger partial charge in [0.1, 0.15) is 19.3 Å². The lowest BCUT2D eigenvalue weighted by Crippen LogP contribution is -2.41. The molecule has 0 heterocycles. The molecule has 2 aromatic carbocycles. The first-order chi connectivity index (χ1) is 12.2. The van der Waals surface area contributed by atoms with E-state index in [1.165, 1.54) is 0 Å². The van der Waals surface area contributed by atoms with Crippen molar-refractivity contribution in [3.8, 4) is 6.07 Å². The molecule has 0 saturated carbocycles. The van der Waals surface area contributed by atoms with Gasteiger partial charge in [0, 0.05) is 0 Å². The predicted octanol–water partition coefficient (Wildman–Crippen LogP) is 2.94. The van der Waals surface area contributed by atoms with Crippen LogP contribution in [0.25, 0.3) is 0 Å². The number of nitrogens with one attached hydrogen (secondary N) is 1. The van der Waals surface area contributed by atoms with E-state index < -0.39 is 18.1 Å². The third kappa shape index (κ3) is 6.36. The molecular formula is C19H18N2O4. The molecule has 0 aliphatic heterocycles. The second-order valence-corrected chi connectivity index (χ2v) is 5.21. The van der Waals surface area contributed by atoms with Crippen LogP contribution in [0.2, 0.25) is 0 Å². The molecule has 1 unspecified atom stereocenters. The van der Waals surface area contributed by atoms with Crippen LogP contribution in [0.15, 0.2) is 60.7 Å². The molecule has 6 heteroatoms. The molecule has 1 amide bonds. The summed E-state index contributed by atoms with van der Waals surface area (Å²) in [6, 6.07) is 19.1. The largest absolute Gasteiger partial charge is 0.459 e. The van der Waals surface area contributed by atoms with Gasteiger partial charge in [-0.05, 0) is 11.1 Å². The van der Waals surface area contributed by atoms with Crippen molar-refractivity contribution in [2.45, 2.75) is 25.7 Å². The van der Waals surface area contributed by atoms with Gasteiger partial charge in [0.05, 0.1) is 12.5 Å². The van der Waals surface area contributed by atoms with Crippen LogP contribution >= 0.6 is 0 Å². The Morgan fingerprint density at radius 1 is 0.920 bits per heavy atom. The van der Waals surface area contributed by atoms with Crippen molar-refractivity contribution in [1.82, 2.24) is 5.32 Å². The average molecular weight is 338 g/mol. The van der Waals surface area contributed by atoms with E-state index in [0.717, 1.165) is 11.1 Å². The van der Waals surface area contributed by atoms with E-state index in [0.29, 0.717) is 0 Å². The second-order valence-electron chi connectivity index (χ2n) is 5.21. The number of esters is 1. The van der Waals surface area contributed by atoms with Gasteiger partial charge in [-0.15, -0.1) is 0 Å². The van der Waals surface area contributed by atoms with Crippen LogP contribution in [0.4, 0.5) is 4.79 Å². The van der Waals surface area contributed by atoms with E-state index >= 15 is 0 Å². The van der Waals surface area contributed by atoms with E-state index in [-0.39, 0.29) is 19.6 Å². The summed E-state index contributed by atoms with van der Waals surface area (Å²) in [6.45, 7) is 0.146. The van der Waals surface area contributed by atoms with E-state index in [1.807, 2.05) is 66.7 Å². The van der Waals surface area contributed by atoms with Gasteiger partial charge in [-0.25, -0.2) is 9.59 Å². The zero-order valence-corrected chi connectivity index (χ0v) is 13.6. The molecule has 6 nitrogen and oxygen atoms in total. The zero-order chi connectivity index (χ0) is 17.9. The minimum absolute atomic E-state index is 0.0718. The average Bonchev–Trinajstić information content (AvgIpc) is 2.66. The molecule has 0 aliphatic rings. The number of rotatable bonds is 7. The van der Waals surface area contributed by atoms with Crippen molar-refractivity contribution in [3.05, 3.63) is 71.8 Å². The van der Waals surface area contributed by atoms with Gasteiger partial charge in [-0.1, -0.05) is 60.7 Å². The fraction of sp³-hybridized carbons (Fsp3) is 0.211. The van der Waals surface area contributed by atoms with Crippen LogP contribution in [0, 0.1) is 11.3 Å². The number of amides is 1. The minimum Gasteiger partial charge on any atom is -0.459 e. The molecule has 0 saturated heterocycles. The number of alkyl carbamates (subject to hydrolysis) is 1. The number of ether oxygens (including phenoxy) is 2. The third-order valence-corrected chi connectivity index (χ3v) is 3.31. The Morgan fingerprint density at radius 2 is 1.44 bits per heavy atom. The monoisotopic (exact) mass is 338 g/mol. The lowest BCUT2D eigenvalue weighted by Gasteiger charge is -2.15. The highest BCUT2D eigenvalue weighted by molar-refractivity contribution is 5.81. The van der Waals surface area contributed by atoms with Crippen LogP contribution in [0.5, 0.6) is 0 Å². The van der Waals surface area contributed by atoms with Gasteiger partial charge in [-0.3, -0.25) is 0 Å². The normalized spacial score (nSPS) is 11.0. The van der Waals surface area contributed by atoms with Crippen LogP contribution < -0.4 is 5.32 Å². The molecule has 0 aromatic heterocycles. The van der Waals surface area contributed by atoms with Gasteiger partial charge in [0.25, 0.3) is 0 Å². The summed E-state index contributed by atoms with van der Waals surface area (Å²) in [6.07, 6.45) is -0.977. The van der Waals surface area contributed by atoms with Crippen LogP contribution in [0.1, 0.15) is 17.5 Å². The first-order valence-corrected chi connectivity index (χ1v) is 7.74. The zero-order valence-electron chi connectivity index (χ0n) is 13.6. The van der Waals surface area contributed by atoms with Crippen molar-refractivity contribution in [2.75, 3.05) is 0 Å². The van der Waals surface area contributed by atoms with Gasteiger partial charge >= 0.3 is 12.1 Å². The third-order valence-electron chi connectivity index (χ3n) is 3.31. The predicted molar refractivity (Wildman–Crippen MR) is 90.0 cm³/mol. The molecule has 0 bridgehead atoms. The number of hydrogen-bond acceptors (Lipinski definition) is 5. The molecule has 0 aliphatic carbocycles. The standard InChI is InChI=1S/C19H18N2O4/c20-12-11-17(18(22)24-13-15-7-3-1-4-8-15)21-19(23)25-14-16-9-5-2-6-10-16/h1-10,17H,11,13-14H2,(H,21,23). The highest BCUT2D eigenvalue weighted by Gasteiger charge is 2.23. The Labute approximate surface area is 146 Å². The number of benzene rings is 2. The Hall–Kier alpha value is -3.33. The number of nitriles is 1. The summed E-state index contributed by atoms with van der Waals surface area (Å²) in [4.78, 5) is 23.9. The van der Waals surface area contributed by atoms with Crippen molar-refractivity contribution < 1.29 is 19.1 Å². The van der Waals surface area contributed by atoms with E-state index in [9.17, 15) is 9.59 Å². The minimum atomic E-state index is -1.07. The Balaban J connectivity index is 1.83. The summed E-state index contributed by atoms with van der Waals surface area (Å²) in [5.41, 5.74) is 1.64. The van der Waals surface area contributed by atoms with Crippen LogP contribution in [-0.4, -0.2) is 18.1 Å². The van der Waals surface area contributed by atoms with E-state index in [2.05, 4.69) is 5.32 Å². The summed E-state index contributed by atoms with van der Waals surface area (Å²) in [5.74, 6) is -0.679. The molecule has 2 aromatic rings. The molecular weight excluding hydrogens is 320 g/mol. The molecule has 1 atom stereocenters. The molecule has 0 fully saturated rings. The molecule has 1 N–H and O–H groups in total. The van der Waals surface area contributed by atoms with Gasteiger partial charge in [-0.2, -0.15) is 5.26 Å². The number of hydrogen-bond donors (Lipinski definition) is 1. The quantitative estimate of drug-likeness (QED) is 0.784. The Bertz CT molecular complexity index is 726. The molecule has 0 radical (unpaired) electrons. The maximum Gasteiger partial charge on any atom is 0.408 e. The highest BCUT2D eigenvalue weighted by atomic mass is 16.6. The molecule has 2 rings (SSSR count). The fourth-order valence-electron chi connectivity index (χ4n) is 2.02. The van der Waals surface area contributed by atoms with E-state index in [1.54, 1.807) is 0 Å². The maximum atomic E-state index is 12.1. The Kier molecular flexibility index (Phi) is 7.01. The van der Waals surface area contributed by atoms with Crippen LogP contribution in [-0.2, 0) is 27.5 Å². The molecule has 128 valence electrons. The van der Waals surface area contributed by atoms with E-state index in [4.69, 9.17) is 14.7 Å².